The van der Waals surface area contributed by atoms with Gasteiger partial charge in [0.2, 0.25) is 17.2 Å². The number of aliphatic hydroxyl groups excluding tert-OH is 1. The van der Waals surface area contributed by atoms with E-state index >= 15 is 0 Å². The van der Waals surface area contributed by atoms with E-state index in [4.69, 9.17) is 18.9 Å². The first-order valence-corrected chi connectivity index (χ1v) is 5.80. The highest BCUT2D eigenvalue weighted by Gasteiger charge is 2.46. The predicted molar refractivity (Wildman–Crippen MR) is 67.4 cm³/mol. The monoisotopic (exact) mass is 270 g/mol. The average Bonchev–Trinajstić information content (AvgIpc) is 2.61. The number of rotatable bonds is 3. The number of aliphatic hydroxyl groups is 1. The number of hydrogen-bond acceptors (Lipinski definition) is 6. The van der Waals surface area contributed by atoms with Crippen LogP contribution in [0, 0.1) is 0 Å². The molecule has 0 aliphatic carbocycles. The number of hydrogen-bond donors (Lipinski definition) is 2. The molecule has 6 heteroatoms. The van der Waals surface area contributed by atoms with Crippen molar-refractivity contribution in [3.8, 4) is 28.7 Å². The van der Waals surface area contributed by atoms with Crippen LogP contribution in [0.4, 0.5) is 0 Å². The number of methoxy groups -OCH3 is 3. The Labute approximate surface area is 111 Å². The molecule has 1 aliphatic rings. The van der Waals surface area contributed by atoms with Gasteiger partial charge in [-0.1, -0.05) is 0 Å². The molecular weight excluding hydrogens is 252 g/mol. The van der Waals surface area contributed by atoms with E-state index in [0.717, 1.165) is 0 Å². The van der Waals surface area contributed by atoms with Crippen molar-refractivity contribution in [3.63, 3.8) is 0 Å². The van der Waals surface area contributed by atoms with Gasteiger partial charge in [-0.3, -0.25) is 0 Å². The highest BCUT2D eigenvalue weighted by Crippen LogP contribution is 2.60. The molecule has 1 aromatic rings. The van der Waals surface area contributed by atoms with Gasteiger partial charge < -0.3 is 29.2 Å². The van der Waals surface area contributed by atoms with Crippen LogP contribution >= 0.6 is 0 Å². The highest BCUT2D eigenvalue weighted by molar-refractivity contribution is 5.71. The van der Waals surface area contributed by atoms with Gasteiger partial charge in [-0.05, 0) is 13.8 Å². The number of phenols is 1. The van der Waals surface area contributed by atoms with Crippen LogP contribution in [0.1, 0.15) is 25.5 Å². The van der Waals surface area contributed by atoms with Crippen LogP contribution in [0.5, 0.6) is 28.7 Å². The van der Waals surface area contributed by atoms with E-state index in [0.29, 0.717) is 11.3 Å². The van der Waals surface area contributed by atoms with Crippen molar-refractivity contribution in [1.29, 1.82) is 0 Å². The SMILES string of the molecule is COc1c(O)c2c(c(OC)c1OC)C(O)C(C)(C)O2. The van der Waals surface area contributed by atoms with E-state index in [1.807, 2.05) is 0 Å². The van der Waals surface area contributed by atoms with Crippen LogP contribution in [-0.4, -0.2) is 37.1 Å². The summed E-state index contributed by atoms with van der Waals surface area (Å²) in [5.74, 6) is 0.585. The van der Waals surface area contributed by atoms with Crippen LogP contribution in [0.15, 0.2) is 0 Å². The van der Waals surface area contributed by atoms with Gasteiger partial charge in [0, 0.05) is 0 Å². The lowest BCUT2D eigenvalue weighted by molar-refractivity contribution is -0.000924. The van der Waals surface area contributed by atoms with E-state index < -0.39 is 11.7 Å². The minimum Gasteiger partial charge on any atom is -0.502 e. The van der Waals surface area contributed by atoms with Crippen LogP contribution < -0.4 is 18.9 Å². The van der Waals surface area contributed by atoms with E-state index in [-0.39, 0.29) is 23.0 Å². The fourth-order valence-electron chi connectivity index (χ4n) is 2.26. The van der Waals surface area contributed by atoms with Crippen molar-refractivity contribution < 1.29 is 29.2 Å². The van der Waals surface area contributed by atoms with Crippen molar-refractivity contribution in [3.05, 3.63) is 5.56 Å². The summed E-state index contributed by atoms with van der Waals surface area (Å²) in [6.07, 6.45) is -0.942. The topological polar surface area (TPSA) is 77.4 Å². The molecule has 0 spiro atoms. The average molecular weight is 270 g/mol. The Morgan fingerprint density at radius 1 is 1.00 bits per heavy atom. The Morgan fingerprint density at radius 2 is 1.53 bits per heavy atom. The lowest BCUT2D eigenvalue weighted by Crippen LogP contribution is -2.30. The van der Waals surface area contributed by atoms with Gasteiger partial charge in [-0.25, -0.2) is 0 Å². The maximum absolute atomic E-state index is 10.3. The van der Waals surface area contributed by atoms with Crippen LogP contribution in [0.3, 0.4) is 0 Å². The van der Waals surface area contributed by atoms with Gasteiger partial charge in [0.25, 0.3) is 0 Å². The molecule has 0 fully saturated rings. The first-order valence-electron chi connectivity index (χ1n) is 5.80. The summed E-state index contributed by atoms with van der Waals surface area (Å²) in [5.41, 5.74) is -0.507. The second kappa shape index (κ2) is 4.38. The van der Waals surface area contributed by atoms with E-state index in [1.54, 1.807) is 13.8 Å². The van der Waals surface area contributed by atoms with Gasteiger partial charge in [-0.15, -0.1) is 0 Å². The molecule has 106 valence electrons. The molecule has 1 aliphatic heterocycles. The van der Waals surface area contributed by atoms with Gasteiger partial charge in [-0.2, -0.15) is 0 Å². The van der Waals surface area contributed by atoms with Crippen molar-refractivity contribution >= 4 is 0 Å². The summed E-state index contributed by atoms with van der Waals surface area (Å²) in [7, 11) is 4.28. The molecule has 19 heavy (non-hydrogen) atoms. The molecule has 1 unspecified atom stereocenters. The van der Waals surface area contributed by atoms with Crippen molar-refractivity contribution in [2.24, 2.45) is 0 Å². The lowest BCUT2D eigenvalue weighted by atomic mass is 9.96. The fraction of sp³-hybridized carbons (Fsp3) is 0.538. The molecular formula is C13H18O6. The number of ether oxygens (including phenoxy) is 4. The maximum atomic E-state index is 10.3. The molecule has 0 radical (unpaired) electrons. The Bertz CT molecular complexity index is 509. The Hall–Kier alpha value is -1.82. The quantitative estimate of drug-likeness (QED) is 0.869. The van der Waals surface area contributed by atoms with Crippen molar-refractivity contribution in [1.82, 2.24) is 0 Å². The minimum atomic E-state index is -0.942. The van der Waals surface area contributed by atoms with Gasteiger partial charge >= 0.3 is 0 Å². The summed E-state index contributed by atoms with van der Waals surface area (Å²) in [6.45, 7) is 3.44. The number of fused-ring (bicyclic) bond motifs is 1. The number of phenolic OH excluding ortho intramolecular Hbond substituents is 1. The van der Waals surface area contributed by atoms with Crippen molar-refractivity contribution in [2.45, 2.75) is 25.6 Å². The molecule has 0 aromatic heterocycles. The molecule has 1 heterocycles. The van der Waals surface area contributed by atoms with Crippen LogP contribution in [0.2, 0.25) is 0 Å². The summed E-state index contributed by atoms with van der Waals surface area (Å²) in [4.78, 5) is 0. The normalized spacial score (nSPS) is 19.6. The maximum Gasteiger partial charge on any atom is 0.211 e. The summed E-state index contributed by atoms with van der Waals surface area (Å²) in [6, 6.07) is 0. The summed E-state index contributed by atoms with van der Waals surface area (Å²) >= 11 is 0. The first kappa shape index (κ1) is 13.6. The Balaban J connectivity index is 2.79. The minimum absolute atomic E-state index is 0.114. The fourth-order valence-corrected chi connectivity index (χ4v) is 2.26. The third-order valence-corrected chi connectivity index (χ3v) is 3.24. The highest BCUT2D eigenvalue weighted by atomic mass is 16.6. The molecule has 0 saturated carbocycles. The molecule has 6 nitrogen and oxygen atoms in total. The van der Waals surface area contributed by atoms with Crippen molar-refractivity contribution in [2.75, 3.05) is 21.3 Å². The van der Waals surface area contributed by atoms with E-state index in [1.165, 1.54) is 21.3 Å². The summed E-state index contributed by atoms with van der Waals surface area (Å²) in [5, 5.41) is 20.5. The number of benzene rings is 1. The Kier molecular flexibility index (Phi) is 3.14. The van der Waals surface area contributed by atoms with Crippen LogP contribution in [0.25, 0.3) is 0 Å². The second-order valence-corrected chi connectivity index (χ2v) is 4.80. The molecule has 2 N–H and O–H groups in total. The third-order valence-electron chi connectivity index (χ3n) is 3.24. The first-order chi connectivity index (χ1) is 8.88. The lowest BCUT2D eigenvalue weighted by Gasteiger charge is -2.21. The Morgan fingerprint density at radius 3 is 2.00 bits per heavy atom. The van der Waals surface area contributed by atoms with Gasteiger partial charge in [0.1, 0.15) is 11.7 Å². The largest absolute Gasteiger partial charge is 0.502 e. The third kappa shape index (κ3) is 1.74. The zero-order valence-corrected chi connectivity index (χ0v) is 11.6. The van der Waals surface area contributed by atoms with Crippen LogP contribution in [-0.2, 0) is 0 Å². The molecule has 2 rings (SSSR count). The van der Waals surface area contributed by atoms with E-state index in [2.05, 4.69) is 0 Å². The molecule has 0 saturated heterocycles. The van der Waals surface area contributed by atoms with Gasteiger partial charge in [0.15, 0.2) is 11.5 Å². The summed E-state index contributed by atoms with van der Waals surface area (Å²) < 4.78 is 21.2. The van der Waals surface area contributed by atoms with E-state index in [9.17, 15) is 10.2 Å². The molecule has 1 atom stereocenters. The number of aromatic hydroxyl groups is 1. The molecule has 0 bridgehead atoms. The second-order valence-electron chi connectivity index (χ2n) is 4.80. The predicted octanol–water partition coefficient (Wildman–Crippen LogP) is 1.62. The standard InChI is InChI=1S/C13H18O6/c1-13(2)12(15)6-8(19-13)7(14)10(17-4)11(18-5)9(6)16-3/h12,14-15H,1-5H3. The smallest absolute Gasteiger partial charge is 0.211 e. The zero-order valence-electron chi connectivity index (χ0n) is 11.6. The van der Waals surface area contributed by atoms with Gasteiger partial charge in [0.05, 0.1) is 26.9 Å². The molecule has 0 amide bonds. The zero-order chi connectivity index (χ0) is 14.4. The molecule has 1 aromatic carbocycles.